The summed E-state index contributed by atoms with van der Waals surface area (Å²) >= 11 is -4.75. The van der Waals surface area contributed by atoms with Crippen LogP contribution >= 0.6 is 0 Å². The Kier molecular flexibility index (Phi) is 12.5. The molecule has 2 aliphatic rings. The van der Waals surface area contributed by atoms with Crippen molar-refractivity contribution in [2.45, 2.75) is 87.1 Å². The van der Waals surface area contributed by atoms with Crippen LogP contribution < -0.4 is 0 Å². The Labute approximate surface area is 394 Å². The molecule has 0 radical (unpaired) electrons. The van der Waals surface area contributed by atoms with Gasteiger partial charge in [-0.1, -0.05) is 0 Å². The quantitative estimate of drug-likeness (QED) is 0.146. The van der Waals surface area contributed by atoms with Crippen LogP contribution in [-0.4, -0.2) is 3.21 Å². The molecule has 8 rings (SSSR count). The SMILES string of the molecule is CC(C)(C)c1cc2c(cc1-c1ccccc1)[CH]([Zr]([C]1=CC=CC1)=[C](c1cc(C(F)(F)F)cc(C(F)(F)F)c1)c1cc(C(F)(F)F)cc(C(F)(F)F)c1)c1cc(-c3ccccc3)c(C(C)(C)C)cc1-2. The molecule has 6 aromatic rings. The van der Waals surface area contributed by atoms with Gasteiger partial charge in [0.05, 0.1) is 0 Å². The molecular weight excluding hydrogens is 980 g/mol. The van der Waals surface area contributed by atoms with Gasteiger partial charge < -0.3 is 0 Å². The molecule has 6 aromatic carbocycles. The van der Waals surface area contributed by atoms with E-state index in [1.54, 1.807) is 18.2 Å². The summed E-state index contributed by atoms with van der Waals surface area (Å²) in [4.78, 5) is 0. The van der Waals surface area contributed by atoms with Crippen LogP contribution in [0.25, 0.3) is 33.4 Å². The number of rotatable bonds is 6. The van der Waals surface area contributed by atoms with E-state index in [0.29, 0.717) is 49.8 Å². The summed E-state index contributed by atoms with van der Waals surface area (Å²) in [6, 6.07) is 28.3. The first-order chi connectivity index (χ1) is 31.5. The summed E-state index contributed by atoms with van der Waals surface area (Å²) < 4.78 is 177. The maximum atomic E-state index is 14.8. The van der Waals surface area contributed by atoms with Crippen molar-refractivity contribution < 1.29 is 74.0 Å². The Bertz CT molecular complexity index is 2770. The number of hydrogen-bond acceptors (Lipinski definition) is 0. The van der Waals surface area contributed by atoms with Crippen LogP contribution in [0.3, 0.4) is 0 Å². The van der Waals surface area contributed by atoms with Crippen molar-refractivity contribution in [2.24, 2.45) is 0 Å². The van der Waals surface area contributed by atoms with Crippen molar-refractivity contribution in [3.8, 4) is 33.4 Å². The molecule has 0 atom stereocenters. The molecule has 0 saturated heterocycles. The van der Waals surface area contributed by atoms with Crippen molar-refractivity contribution in [3.05, 3.63) is 198 Å². The zero-order chi connectivity index (χ0) is 49.5. The molecule has 13 heteroatoms. The molecule has 352 valence electrons. The Hall–Kier alpha value is -5.29. The van der Waals surface area contributed by atoms with Crippen LogP contribution in [0.5, 0.6) is 0 Å². The number of halogens is 12. The number of hydrogen-bond donors (Lipinski definition) is 0. The average Bonchev–Trinajstić information content (AvgIpc) is 3.89. The van der Waals surface area contributed by atoms with Crippen LogP contribution in [-0.2, 0) is 56.8 Å². The fourth-order valence-corrected chi connectivity index (χ4v) is 18.3. The summed E-state index contributed by atoms with van der Waals surface area (Å²) in [7, 11) is 0. The number of fused-ring (bicyclic) bond motifs is 3. The van der Waals surface area contributed by atoms with Gasteiger partial charge in [0, 0.05) is 0 Å². The molecule has 0 unspecified atom stereocenters. The number of allylic oxidation sites excluding steroid dienone is 4. The summed E-state index contributed by atoms with van der Waals surface area (Å²) in [5.74, 6) is 0. The van der Waals surface area contributed by atoms with E-state index in [9.17, 15) is 52.7 Å². The van der Waals surface area contributed by atoms with Crippen molar-refractivity contribution in [1.82, 2.24) is 0 Å². The minimum atomic E-state index is -5.39. The van der Waals surface area contributed by atoms with Crippen molar-refractivity contribution >= 4 is 3.21 Å². The maximum absolute atomic E-state index is 14.8. The summed E-state index contributed by atoms with van der Waals surface area (Å²) in [6.07, 6.45) is -16.4. The molecule has 2 aliphatic carbocycles. The molecule has 68 heavy (non-hydrogen) atoms. The van der Waals surface area contributed by atoms with Crippen LogP contribution in [0.15, 0.2) is 143 Å². The van der Waals surface area contributed by atoms with Gasteiger partial charge in [0.1, 0.15) is 0 Å². The van der Waals surface area contributed by atoms with E-state index in [1.807, 2.05) is 126 Å². The Balaban J connectivity index is 1.65. The van der Waals surface area contributed by atoms with Gasteiger partial charge in [-0.05, 0) is 0 Å². The molecule has 0 aromatic heterocycles. The zero-order valence-corrected chi connectivity index (χ0v) is 40.1. The predicted molar refractivity (Wildman–Crippen MR) is 240 cm³/mol. The van der Waals surface area contributed by atoms with Crippen molar-refractivity contribution in [3.63, 3.8) is 0 Å². The molecule has 0 heterocycles. The van der Waals surface area contributed by atoms with E-state index in [2.05, 4.69) is 0 Å². The van der Waals surface area contributed by atoms with E-state index in [-0.39, 0.29) is 21.8 Å². The number of alkyl halides is 12. The number of benzene rings is 6. The van der Waals surface area contributed by atoms with Crippen LogP contribution in [0.1, 0.15) is 107 Å². The van der Waals surface area contributed by atoms with E-state index >= 15 is 0 Å². The van der Waals surface area contributed by atoms with Crippen LogP contribution in [0.2, 0.25) is 0 Å². The standard InChI is InChI=1S/C33H33.C17H6F12.C5H5.Zr/c1-32(2,3)30-20-26-24(18-28(30)22-13-9-7-10-14-22)17-25-19-29(23-15-11-8-12-16-23)31(21-27(25)26)33(4,5)6;18-14(19,20)10-2-8(3-11(6-10)15(21,22)23)1-9-4-12(16(24,25)26)7-13(5-9)17(27,28)29;1-2-4-5-3-1;/h7-21H,1-6H3;2-7H;1-3H,4H2;. The molecule has 0 fully saturated rings. The normalized spacial score (nSPS) is 14.5. The molecular formula is C55H44F12Zr. The zero-order valence-electron chi connectivity index (χ0n) is 37.6. The first-order valence-corrected chi connectivity index (χ1v) is 25.6. The van der Waals surface area contributed by atoms with E-state index in [1.165, 1.54) is 0 Å². The Morgan fingerprint density at radius 2 is 0.794 bits per heavy atom. The molecule has 0 N–H and O–H groups in total. The van der Waals surface area contributed by atoms with Gasteiger partial charge in [0.2, 0.25) is 0 Å². The van der Waals surface area contributed by atoms with Crippen LogP contribution in [0, 0.1) is 0 Å². The summed E-state index contributed by atoms with van der Waals surface area (Å²) in [5, 5.41) is 0. The van der Waals surface area contributed by atoms with Crippen molar-refractivity contribution in [1.29, 1.82) is 0 Å². The van der Waals surface area contributed by atoms with Crippen LogP contribution in [0.4, 0.5) is 52.7 Å². The summed E-state index contributed by atoms with van der Waals surface area (Å²) in [5.41, 5.74) is -1.85. The van der Waals surface area contributed by atoms with Gasteiger partial charge in [0.25, 0.3) is 0 Å². The molecule has 0 bridgehead atoms. The molecule has 0 amide bonds. The minimum absolute atomic E-state index is 0.0890. The van der Waals surface area contributed by atoms with Gasteiger partial charge in [-0.25, -0.2) is 0 Å². The van der Waals surface area contributed by atoms with Gasteiger partial charge >= 0.3 is 396 Å². The predicted octanol–water partition coefficient (Wildman–Crippen LogP) is 17.5. The molecule has 0 spiro atoms. The van der Waals surface area contributed by atoms with E-state index in [0.717, 1.165) is 33.4 Å². The Morgan fingerprint density at radius 1 is 0.441 bits per heavy atom. The Morgan fingerprint density at radius 3 is 1.09 bits per heavy atom. The summed E-state index contributed by atoms with van der Waals surface area (Å²) in [6.45, 7) is 12.2. The third-order valence-electron chi connectivity index (χ3n) is 12.5. The van der Waals surface area contributed by atoms with Gasteiger partial charge in [0.15, 0.2) is 0 Å². The second-order valence-electron chi connectivity index (χ2n) is 19.3. The fourth-order valence-electron chi connectivity index (χ4n) is 9.42. The van der Waals surface area contributed by atoms with E-state index < -0.39 is 93.8 Å². The first kappa shape index (κ1) is 49.1. The third kappa shape index (κ3) is 9.66. The first-order valence-electron chi connectivity index (χ1n) is 21.7. The fraction of sp³-hybridized carbons (Fsp3) is 0.255. The van der Waals surface area contributed by atoms with Gasteiger partial charge in [-0.15, -0.1) is 0 Å². The second-order valence-corrected chi connectivity index (χ2v) is 25.6. The third-order valence-corrected chi connectivity index (χ3v) is 20.8. The van der Waals surface area contributed by atoms with Crippen molar-refractivity contribution in [2.75, 3.05) is 0 Å². The molecule has 0 saturated carbocycles. The van der Waals surface area contributed by atoms with Gasteiger partial charge in [-0.2, -0.15) is 0 Å². The second kappa shape index (κ2) is 17.3. The topological polar surface area (TPSA) is 0 Å². The van der Waals surface area contributed by atoms with E-state index in [4.69, 9.17) is 0 Å². The van der Waals surface area contributed by atoms with Gasteiger partial charge in [-0.3, -0.25) is 0 Å². The molecule has 0 nitrogen and oxygen atoms in total. The average molecular weight is 1020 g/mol. The molecule has 0 aliphatic heterocycles. The monoisotopic (exact) mass is 1020 g/mol.